The Labute approximate surface area is 136 Å². The van der Waals surface area contributed by atoms with Crippen LogP contribution < -0.4 is 5.32 Å². The summed E-state index contributed by atoms with van der Waals surface area (Å²) in [5, 5.41) is 3.81. The van der Waals surface area contributed by atoms with Crippen molar-refractivity contribution in [1.29, 1.82) is 0 Å². The first-order valence-electron chi connectivity index (χ1n) is 8.03. The lowest BCUT2D eigenvalue weighted by Crippen LogP contribution is -2.39. The number of hydrogen-bond acceptors (Lipinski definition) is 3. The van der Waals surface area contributed by atoms with Gasteiger partial charge in [-0.15, -0.1) is 0 Å². The Kier molecular flexibility index (Phi) is 3.63. The highest BCUT2D eigenvalue weighted by Gasteiger charge is 2.36. The maximum atomic E-state index is 3.81. The van der Waals surface area contributed by atoms with E-state index >= 15 is 0 Å². The molecule has 1 saturated heterocycles. The van der Waals surface area contributed by atoms with Crippen LogP contribution >= 0.6 is 11.8 Å². The van der Waals surface area contributed by atoms with Gasteiger partial charge < -0.3 is 10.2 Å². The smallest absolute Gasteiger partial charge is 0.0521 e. The zero-order valence-corrected chi connectivity index (χ0v) is 14.0. The molecule has 2 aromatic carbocycles. The van der Waals surface area contributed by atoms with Gasteiger partial charge in [-0.05, 0) is 50.7 Å². The summed E-state index contributed by atoms with van der Waals surface area (Å²) in [4.78, 5) is 5.13. The lowest BCUT2D eigenvalue weighted by atomic mass is 9.90. The van der Waals surface area contributed by atoms with E-state index in [-0.39, 0.29) is 0 Å². The third-order valence-corrected chi connectivity index (χ3v) is 5.92. The number of likely N-dealkylation sites (N-methyl/N-ethyl adjacent to an activating group) is 1. The van der Waals surface area contributed by atoms with Crippen LogP contribution in [0.1, 0.15) is 23.5 Å². The second-order valence-corrected chi connectivity index (χ2v) is 7.66. The summed E-state index contributed by atoms with van der Waals surface area (Å²) in [6, 6.07) is 16.2. The molecule has 2 aliphatic heterocycles. The molecule has 3 heteroatoms. The second kappa shape index (κ2) is 5.64. The summed E-state index contributed by atoms with van der Waals surface area (Å²) < 4.78 is 0. The molecule has 0 radical (unpaired) electrons. The topological polar surface area (TPSA) is 15.3 Å². The van der Waals surface area contributed by atoms with Gasteiger partial charge in [0.25, 0.3) is 0 Å². The number of hydrogen-bond donors (Lipinski definition) is 1. The lowest BCUT2D eigenvalue weighted by molar-refractivity contribution is 0.243. The van der Waals surface area contributed by atoms with Crippen molar-refractivity contribution in [1.82, 2.24) is 4.90 Å². The van der Waals surface area contributed by atoms with Crippen molar-refractivity contribution in [2.45, 2.75) is 35.1 Å². The maximum absolute atomic E-state index is 3.81. The molecule has 0 aliphatic carbocycles. The monoisotopic (exact) mass is 310 g/mol. The molecular weight excluding hydrogens is 288 g/mol. The lowest BCUT2D eigenvalue weighted by Gasteiger charge is -2.32. The highest BCUT2D eigenvalue weighted by atomic mass is 32.2. The fourth-order valence-corrected chi connectivity index (χ4v) is 4.57. The van der Waals surface area contributed by atoms with E-state index in [1.165, 1.54) is 46.1 Å². The van der Waals surface area contributed by atoms with Gasteiger partial charge in [0.1, 0.15) is 0 Å². The number of fused-ring (bicyclic) bond motifs is 3. The minimum Gasteiger partial charge on any atom is -0.380 e. The number of likely N-dealkylation sites (tertiary alicyclic amines) is 1. The summed E-state index contributed by atoms with van der Waals surface area (Å²) in [5.74, 6) is 0.646. The van der Waals surface area contributed by atoms with Gasteiger partial charge in [0.2, 0.25) is 0 Å². The average molecular weight is 310 g/mol. The third-order valence-electron chi connectivity index (χ3n) is 4.85. The molecule has 22 heavy (non-hydrogen) atoms. The van der Waals surface area contributed by atoms with Gasteiger partial charge >= 0.3 is 0 Å². The van der Waals surface area contributed by atoms with Crippen molar-refractivity contribution in [3.8, 4) is 0 Å². The molecule has 2 aliphatic rings. The SMILES string of the molecule is Cc1ccc(Sc2cccc3c2N[C@H]2CCN(C)C[C@H]32)cc1. The van der Waals surface area contributed by atoms with E-state index in [4.69, 9.17) is 0 Å². The summed E-state index contributed by atoms with van der Waals surface area (Å²) in [6.07, 6.45) is 1.24. The number of nitrogens with zero attached hydrogens (tertiary/aromatic N) is 1. The van der Waals surface area contributed by atoms with Crippen LogP contribution in [0.3, 0.4) is 0 Å². The van der Waals surface area contributed by atoms with Gasteiger partial charge in [0.15, 0.2) is 0 Å². The zero-order valence-electron chi connectivity index (χ0n) is 13.2. The first-order chi connectivity index (χ1) is 10.7. The standard InChI is InChI=1S/C19H22N2S/c1-13-6-8-14(9-7-13)22-18-5-3-4-15-16-12-21(2)11-10-17(16)20-19(15)18/h3-9,16-17,20H,10-12H2,1-2H3/t16-,17+/m1/s1. The molecule has 114 valence electrons. The van der Waals surface area contributed by atoms with Crippen molar-refractivity contribution in [3.05, 3.63) is 53.6 Å². The Morgan fingerprint density at radius 1 is 1.14 bits per heavy atom. The van der Waals surface area contributed by atoms with Crippen LogP contribution in [-0.2, 0) is 0 Å². The van der Waals surface area contributed by atoms with Gasteiger partial charge in [-0.1, -0.05) is 41.6 Å². The molecule has 0 saturated carbocycles. The van der Waals surface area contributed by atoms with Crippen LogP contribution in [0.5, 0.6) is 0 Å². The fourth-order valence-electron chi connectivity index (χ4n) is 3.62. The van der Waals surface area contributed by atoms with Gasteiger partial charge in [0.05, 0.1) is 5.69 Å². The molecule has 2 atom stereocenters. The number of benzene rings is 2. The van der Waals surface area contributed by atoms with Gasteiger partial charge in [-0.2, -0.15) is 0 Å². The predicted molar refractivity (Wildman–Crippen MR) is 94.0 cm³/mol. The first-order valence-corrected chi connectivity index (χ1v) is 8.85. The van der Waals surface area contributed by atoms with Crippen LogP contribution in [0.15, 0.2) is 52.3 Å². The molecule has 2 aromatic rings. The minimum absolute atomic E-state index is 0.617. The van der Waals surface area contributed by atoms with Crippen molar-refractivity contribution in [2.75, 3.05) is 25.5 Å². The van der Waals surface area contributed by atoms with E-state index in [0.29, 0.717) is 12.0 Å². The molecule has 2 heterocycles. The summed E-state index contributed by atoms with van der Waals surface area (Å²) in [5.41, 5.74) is 4.20. The fraction of sp³-hybridized carbons (Fsp3) is 0.368. The average Bonchev–Trinajstić information content (AvgIpc) is 2.89. The summed E-state index contributed by atoms with van der Waals surface area (Å²) in [6.45, 7) is 4.50. The Hall–Kier alpha value is -1.45. The van der Waals surface area contributed by atoms with Crippen molar-refractivity contribution in [3.63, 3.8) is 0 Å². The van der Waals surface area contributed by atoms with E-state index < -0.39 is 0 Å². The Morgan fingerprint density at radius 3 is 2.77 bits per heavy atom. The van der Waals surface area contributed by atoms with Crippen LogP contribution in [0.2, 0.25) is 0 Å². The third kappa shape index (κ3) is 2.53. The van der Waals surface area contributed by atoms with Crippen molar-refractivity contribution in [2.24, 2.45) is 0 Å². The van der Waals surface area contributed by atoms with Crippen molar-refractivity contribution < 1.29 is 0 Å². The van der Waals surface area contributed by atoms with E-state index in [1.54, 1.807) is 0 Å². The summed E-state index contributed by atoms with van der Waals surface area (Å²) >= 11 is 1.87. The molecule has 2 nitrogen and oxygen atoms in total. The quantitative estimate of drug-likeness (QED) is 0.887. The predicted octanol–water partition coefficient (Wildman–Crippen LogP) is 4.36. The molecule has 0 amide bonds. The number of anilines is 1. The molecular formula is C19H22N2S. The summed E-state index contributed by atoms with van der Waals surface area (Å²) in [7, 11) is 2.24. The molecule has 4 rings (SSSR count). The van der Waals surface area contributed by atoms with Gasteiger partial charge in [-0.3, -0.25) is 0 Å². The van der Waals surface area contributed by atoms with Crippen LogP contribution in [0.25, 0.3) is 0 Å². The van der Waals surface area contributed by atoms with E-state index in [2.05, 4.69) is 66.7 Å². The largest absolute Gasteiger partial charge is 0.380 e. The maximum Gasteiger partial charge on any atom is 0.0521 e. The van der Waals surface area contributed by atoms with Crippen LogP contribution in [0, 0.1) is 6.92 Å². The van der Waals surface area contributed by atoms with E-state index in [0.717, 1.165) is 0 Å². The van der Waals surface area contributed by atoms with E-state index in [1.807, 2.05) is 11.8 Å². The number of aryl methyl sites for hydroxylation is 1. The molecule has 0 bridgehead atoms. The number of rotatable bonds is 2. The van der Waals surface area contributed by atoms with Gasteiger partial charge in [0, 0.05) is 28.3 Å². The number of nitrogens with one attached hydrogen (secondary N) is 1. The first kappa shape index (κ1) is 14.2. The van der Waals surface area contributed by atoms with Crippen LogP contribution in [-0.4, -0.2) is 31.1 Å². The highest BCUT2D eigenvalue weighted by molar-refractivity contribution is 7.99. The molecule has 0 aromatic heterocycles. The normalized spacial score (nSPS) is 23.7. The Morgan fingerprint density at radius 2 is 1.95 bits per heavy atom. The van der Waals surface area contributed by atoms with Gasteiger partial charge in [-0.25, -0.2) is 0 Å². The molecule has 0 spiro atoms. The van der Waals surface area contributed by atoms with Crippen molar-refractivity contribution >= 4 is 17.4 Å². The number of piperidine rings is 1. The molecule has 1 fully saturated rings. The van der Waals surface area contributed by atoms with Crippen LogP contribution in [0.4, 0.5) is 5.69 Å². The van der Waals surface area contributed by atoms with E-state index in [9.17, 15) is 0 Å². The zero-order chi connectivity index (χ0) is 15.1. The molecule has 1 N–H and O–H groups in total. The Bertz CT molecular complexity index is 680. The highest BCUT2D eigenvalue weighted by Crippen LogP contribution is 2.45. The Balaban J connectivity index is 1.65. The number of para-hydroxylation sites is 1. The molecule has 0 unspecified atom stereocenters. The minimum atomic E-state index is 0.617. The second-order valence-electron chi connectivity index (χ2n) is 6.54.